The molecular weight excluding hydrogens is 428 g/mol. The number of guanidine groups is 1. The Morgan fingerprint density at radius 1 is 1.12 bits per heavy atom. The normalized spacial score (nSPS) is 15.2. The van der Waals surface area contributed by atoms with Crippen molar-refractivity contribution >= 4 is 11.9 Å². The van der Waals surface area contributed by atoms with Crippen molar-refractivity contribution in [2.45, 2.75) is 33.4 Å². The van der Waals surface area contributed by atoms with Crippen molar-refractivity contribution in [1.29, 1.82) is 0 Å². The van der Waals surface area contributed by atoms with Gasteiger partial charge in [-0.25, -0.2) is 19.9 Å². The number of allylic oxidation sites excluding steroid dienone is 1. The first-order valence-electron chi connectivity index (χ1n) is 10.5. The number of carbonyl (C=O) groups excluding carboxylic acids is 1. The van der Waals surface area contributed by atoms with Crippen LogP contribution >= 0.6 is 0 Å². The molecule has 0 unspecified atom stereocenters. The maximum Gasteiger partial charge on any atom is 0.338 e. The third-order valence-corrected chi connectivity index (χ3v) is 4.75. The Labute approximate surface area is 191 Å². The number of hydrogen-bond donors (Lipinski definition) is 2. The van der Waals surface area contributed by atoms with Crippen molar-refractivity contribution in [2.24, 2.45) is 4.99 Å². The Balaban J connectivity index is 1.96. The first kappa shape index (κ1) is 23.6. The molecule has 0 spiro atoms. The van der Waals surface area contributed by atoms with Gasteiger partial charge in [0, 0.05) is 5.70 Å². The lowest BCUT2D eigenvalue weighted by Gasteiger charge is -2.25. The summed E-state index contributed by atoms with van der Waals surface area (Å²) in [5.74, 6) is 0.366. The van der Waals surface area contributed by atoms with Crippen molar-refractivity contribution in [1.82, 2.24) is 10.7 Å². The fourth-order valence-corrected chi connectivity index (χ4v) is 3.35. The fourth-order valence-electron chi connectivity index (χ4n) is 3.35. The largest absolute Gasteiger partial charge is 0.490 e. The SMILES string of the molecule is CCOC(=O)C1=C(C)NC(N[N+](=O)[O-])=N[C@H]1c1ccc(OCc2ccccc2)c(OCC)c1. The van der Waals surface area contributed by atoms with E-state index in [0.29, 0.717) is 36.0 Å². The maximum absolute atomic E-state index is 12.7. The lowest BCUT2D eigenvalue weighted by molar-refractivity contribution is -0.525. The molecule has 0 saturated carbocycles. The van der Waals surface area contributed by atoms with Crippen LogP contribution in [-0.4, -0.2) is 30.2 Å². The van der Waals surface area contributed by atoms with Crippen LogP contribution in [0.5, 0.6) is 11.5 Å². The van der Waals surface area contributed by atoms with Crippen molar-refractivity contribution in [2.75, 3.05) is 13.2 Å². The molecule has 10 heteroatoms. The lowest BCUT2D eigenvalue weighted by atomic mass is 9.96. The third-order valence-electron chi connectivity index (χ3n) is 4.75. The van der Waals surface area contributed by atoms with Crippen molar-refractivity contribution in [3.63, 3.8) is 0 Å². The number of nitrogens with zero attached hydrogens (tertiary/aromatic N) is 2. The van der Waals surface area contributed by atoms with Gasteiger partial charge in [-0.05, 0) is 44.0 Å². The summed E-state index contributed by atoms with van der Waals surface area (Å²) in [6, 6.07) is 14.1. The number of aliphatic imine (C=N–C) groups is 1. The van der Waals surface area contributed by atoms with E-state index in [9.17, 15) is 14.9 Å². The monoisotopic (exact) mass is 454 g/mol. The van der Waals surface area contributed by atoms with Crippen LogP contribution in [0.3, 0.4) is 0 Å². The van der Waals surface area contributed by atoms with E-state index in [1.807, 2.05) is 42.7 Å². The molecule has 174 valence electrons. The topological polar surface area (TPSA) is 124 Å². The quantitative estimate of drug-likeness (QED) is 0.336. The molecular formula is C23H26N4O6. The molecule has 2 aromatic rings. The molecule has 0 bridgehead atoms. The first-order chi connectivity index (χ1) is 15.9. The highest BCUT2D eigenvalue weighted by atomic mass is 16.7. The van der Waals surface area contributed by atoms with Crippen molar-refractivity contribution < 1.29 is 24.0 Å². The number of carbonyl (C=O) groups is 1. The van der Waals surface area contributed by atoms with Crippen LogP contribution in [0.25, 0.3) is 0 Å². The Hall–Kier alpha value is -4.08. The Morgan fingerprint density at radius 3 is 2.55 bits per heavy atom. The van der Waals surface area contributed by atoms with Crippen LogP contribution in [-0.2, 0) is 16.1 Å². The van der Waals surface area contributed by atoms with Crippen LogP contribution in [0, 0.1) is 10.1 Å². The molecule has 0 aliphatic carbocycles. The zero-order valence-electron chi connectivity index (χ0n) is 18.7. The van der Waals surface area contributed by atoms with Crippen molar-refractivity contribution in [3.05, 3.63) is 81.0 Å². The van der Waals surface area contributed by atoms with Gasteiger partial charge in [0.25, 0.3) is 5.96 Å². The minimum Gasteiger partial charge on any atom is -0.490 e. The van der Waals surface area contributed by atoms with Crippen LogP contribution in [0.4, 0.5) is 0 Å². The molecule has 33 heavy (non-hydrogen) atoms. The van der Waals surface area contributed by atoms with E-state index in [-0.39, 0.29) is 18.1 Å². The zero-order valence-corrected chi connectivity index (χ0v) is 18.7. The van der Waals surface area contributed by atoms with Gasteiger partial charge in [0.1, 0.15) is 12.6 Å². The number of benzene rings is 2. The minimum atomic E-state index is -0.838. The molecule has 1 aliphatic rings. The Kier molecular flexibility index (Phi) is 7.85. The minimum absolute atomic E-state index is 0.0853. The Morgan fingerprint density at radius 2 is 1.88 bits per heavy atom. The molecule has 2 N–H and O–H groups in total. The van der Waals surface area contributed by atoms with Crippen LogP contribution < -0.4 is 20.2 Å². The van der Waals surface area contributed by atoms with Crippen LogP contribution in [0.2, 0.25) is 0 Å². The summed E-state index contributed by atoms with van der Waals surface area (Å²) in [6.07, 6.45) is 0. The van der Waals surface area contributed by atoms with E-state index in [0.717, 1.165) is 5.56 Å². The van der Waals surface area contributed by atoms with Crippen LogP contribution in [0.15, 0.2) is 64.8 Å². The van der Waals surface area contributed by atoms with E-state index in [2.05, 4.69) is 10.3 Å². The smallest absolute Gasteiger partial charge is 0.338 e. The van der Waals surface area contributed by atoms with Gasteiger partial charge in [0.2, 0.25) is 0 Å². The zero-order chi connectivity index (χ0) is 23.8. The molecule has 10 nitrogen and oxygen atoms in total. The Bertz CT molecular complexity index is 1070. The number of hydrogen-bond acceptors (Lipinski definition) is 8. The summed E-state index contributed by atoms with van der Waals surface area (Å²) in [4.78, 5) is 27.9. The second kappa shape index (κ2) is 11.0. The summed E-state index contributed by atoms with van der Waals surface area (Å²) >= 11 is 0. The molecule has 1 aliphatic heterocycles. The van der Waals surface area contributed by atoms with E-state index in [1.165, 1.54) is 0 Å². The number of esters is 1. The molecule has 1 atom stereocenters. The molecule has 0 saturated heterocycles. The number of ether oxygens (including phenoxy) is 3. The second-order valence-corrected chi connectivity index (χ2v) is 7.05. The van der Waals surface area contributed by atoms with E-state index < -0.39 is 17.0 Å². The third kappa shape index (κ3) is 6.00. The summed E-state index contributed by atoms with van der Waals surface area (Å²) in [5, 5.41) is 13.0. The van der Waals surface area contributed by atoms with Crippen LogP contribution in [0.1, 0.15) is 37.9 Å². The molecule has 0 fully saturated rings. The number of nitrogens with one attached hydrogen (secondary N) is 2. The predicted octanol–water partition coefficient (Wildman–Crippen LogP) is 3.28. The van der Waals surface area contributed by atoms with E-state index in [4.69, 9.17) is 14.2 Å². The van der Waals surface area contributed by atoms with Gasteiger partial charge in [0.15, 0.2) is 16.5 Å². The van der Waals surface area contributed by atoms with Gasteiger partial charge >= 0.3 is 5.97 Å². The first-order valence-corrected chi connectivity index (χ1v) is 10.5. The van der Waals surface area contributed by atoms with E-state index >= 15 is 0 Å². The summed E-state index contributed by atoms with van der Waals surface area (Å²) < 4.78 is 16.9. The second-order valence-electron chi connectivity index (χ2n) is 7.05. The number of nitro groups is 1. The van der Waals surface area contributed by atoms with Gasteiger partial charge in [-0.1, -0.05) is 41.8 Å². The molecule has 2 aromatic carbocycles. The summed E-state index contributed by atoms with van der Waals surface area (Å²) in [7, 11) is 0. The average molecular weight is 454 g/mol. The molecule has 0 radical (unpaired) electrons. The lowest BCUT2D eigenvalue weighted by Crippen LogP contribution is -2.43. The molecule has 3 rings (SSSR count). The van der Waals surface area contributed by atoms with Crippen molar-refractivity contribution in [3.8, 4) is 11.5 Å². The van der Waals surface area contributed by atoms with Gasteiger partial charge < -0.3 is 19.5 Å². The summed E-state index contributed by atoms with van der Waals surface area (Å²) in [6.45, 7) is 6.13. The standard InChI is InChI=1S/C23H26N4O6/c1-4-31-19-13-17(11-12-18(19)33-14-16-9-7-6-8-10-16)21-20(22(28)32-5-2)15(3)24-23(25-21)26-27(29)30/h6-13,21H,4-5,14H2,1-3H3,(H2,24,25,26)/t21-/m0/s1. The highest BCUT2D eigenvalue weighted by Crippen LogP contribution is 2.37. The predicted molar refractivity (Wildman–Crippen MR) is 121 cm³/mol. The maximum atomic E-state index is 12.7. The van der Waals surface area contributed by atoms with Gasteiger partial charge in [-0.15, -0.1) is 0 Å². The molecule has 0 aromatic heterocycles. The van der Waals surface area contributed by atoms with Gasteiger partial charge in [-0.3, -0.25) is 0 Å². The highest BCUT2D eigenvalue weighted by Gasteiger charge is 2.32. The highest BCUT2D eigenvalue weighted by molar-refractivity contribution is 5.95. The molecule has 0 amide bonds. The number of hydrazine groups is 1. The average Bonchev–Trinajstić information content (AvgIpc) is 2.78. The summed E-state index contributed by atoms with van der Waals surface area (Å²) in [5.41, 5.74) is 4.27. The van der Waals surface area contributed by atoms with Gasteiger partial charge in [0.05, 0.1) is 18.8 Å². The number of rotatable bonds is 9. The van der Waals surface area contributed by atoms with Gasteiger partial charge in [-0.2, -0.15) is 0 Å². The fraction of sp³-hybridized carbons (Fsp3) is 0.304. The molecule has 1 heterocycles. The van der Waals surface area contributed by atoms with E-state index in [1.54, 1.807) is 32.0 Å².